The zero-order chi connectivity index (χ0) is 21.9. The number of rotatable bonds is 6. The van der Waals surface area contributed by atoms with Crippen LogP contribution in [0.3, 0.4) is 0 Å². The van der Waals surface area contributed by atoms with Gasteiger partial charge in [-0.25, -0.2) is 8.42 Å². The van der Waals surface area contributed by atoms with Gasteiger partial charge in [-0.1, -0.05) is 18.2 Å². The van der Waals surface area contributed by atoms with Gasteiger partial charge in [-0.3, -0.25) is 9.59 Å². The van der Waals surface area contributed by atoms with Crippen molar-refractivity contribution < 1.29 is 22.4 Å². The average molecular weight is 426 g/mol. The van der Waals surface area contributed by atoms with Gasteiger partial charge < -0.3 is 15.1 Å². The van der Waals surface area contributed by atoms with E-state index in [9.17, 15) is 18.0 Å². The van der Waals surface area contributed by atoms with E-state index in [0.29, 0.717) is 11.3 Å². The molecule has 3 aromatic rings. The lowest BCUT2D eigenvalue weighted by atomic mass is 10.1. The number of amides is 2. The molecule has 156 valence electrons. The minimum atomic E-state index is -3.28. The molecule has 0 aliphatic carbocycles. The summed E-state index contributed by atoms with van der Waals surface area (Å²) in [6, 6.07) is 14.2. The van der Waals surface area contributed by atoms with Crippen molar-refractivity contribution >= 4 is 27.3 Å². The number of carbonyl (C=O) groups excluding carboxylic acids is 2. The number of nitrogens with one attached hydrogen (secondary N) is 2. The molecule has 1 aromatic heterocycles. The first-order chi connectivity index (χ1) is 14.1. The highest BCUT2D eigenvalue weighted by Crippen LogP contribution is 2.20. The number of anilines is 1. The quantitative estimate of drug-likeness (QED) is 0.625. The van der Waals surface area contributed by atoms with Crippen LogP contribution >= 0.6 is 0 Å². The first-order valence-corrected chi connectivity index (χ1v) is 11.1. The normalized spacial score (nSPS) is 12.2. The summed E-state index contributed by atoms with van der Waals surface area (Å²) in [5.41, 5.74) is 2.47. The molecule has 8 heteroatoms. The molecule has 3 rings (SSSR count). The van der Waals surface area contributed by atoms with Crippen molar-refractivity contribution in [3.63, 3.8) is 0 Å². The summed E-state index contributed by atoms with van der Waals surface area (Å²) >= 11 is 0. The van der Waals surface area contributed by atoms with Crippen molar-refractivity contribution in [2.45, 2.75) is 24.8 Å². The van der Waals surface area contributed by atoms with Crippen LogP contribution in [0.1, 0.15) is 45.0 Å². The van der Waals surface area contributed by atoms with Crippen LogP contribution in [0.5, 0.6) is 0 Å². The average Bonchev–Trinajstić information content (AvgIpc) is 3.24. The highest BCUT2D eigenvalue weighted by molar-refractivity contribution is 7.90. The van der Waals surface area contributed by atoms with Crippen molar-refractivity contribution in [3.8, 4) is 0 Å². The van der Waals surface area contributed by atoms with E-state index in [1.54, 1.807) is 49.4 Å². The summed E-state index contributed by atoms with van der Waals surface area (Å²) in [5.74, 6) is -0.543. The lowest BCUT2D eigenvalue weighted by molar-refractivity contribution is 0.0938. The number of carbonyl (C=O) groups is 2. The molecule has 0 aliphatic heterocycles. The predicted octanol–water partition coefficient (Wildman–Crippen LogP) is 3.73. The molecule has 0 spiro atoms. The largest absolute Gasteiger partial charge is 0.459 e. The fourth-order valence-corrected chi connectivity index (χ4v) is 3.49. The number of hydrogen-bond donors (Lipinski definition) is 2. The van der Waals surface area contributed by atoms with E-state index < -0.39 is 15.7 Å². The lowest BCUT2D eigenvalue weighted by Crippen LogP contribution is -2.27. The molecule has 0 radical (unpaired) electrons. The number of benzene rings is 2. The van der Waals surface area contributed by atoms with Gasteiger partial charge in [0.1, 0.15) is 0 Å². The van der Waals surface area contributed by atoms with Crippen molar-refractivity contribution in [1.82, 2.24) is 5.32 Å². The molecule has 7 nitrogen and oxygen atoms in total. The van der Waals surface area contributed by atoms with E-state index in [0.717, 1.165) is 17.4 Å². The molecular formula is C22H22N2O5S. The standard InChI is InChI=1S/C22H22N2O5S/c1-14-6-7-17(13-19(14)24-22(26)20-5-4-12-29-20)21(25)23-15(2)16-8-10-18(11-9-16)30(3,27)28/h4-13,15H,1-3H3,(H,23,25)(H,24,26). The maximum absolute atomic E-state index is 12.7. The Morgan fingerprint density at radius 3 is 2.30 bits per heavy atom. The molecule has 2 aromatic carbocycles. The van der Waals surface area contributed by atoms with E-state index in [1.165, 1.54) is 18.4 Å². The first kappa shape index (κ1) is 21.3. The fraction of sp³-hybridized carbons (Fsp3) is 0.182. The van der Waals surface area contributed by atoms with Crippen molar-refractivity contribution in [1.29, 1.82) is 0 Å². The van der Waals surface area contributed by atoms with Crippen LogP contribution in [0.4, 0.5) is 5.69 Å². The smallest absolute Gasteiger partial charge is 0.291 e. The number of furan rings is 1. The summed E-state index contributed by atoms with van der Waals surface area (Å²) in [6.45, 7) is 3.63. The molecule has 1 heterocycles. The van der Waals surface area contributed by atoms with E-state index >= 15 is 0 Å². The van der Waals surface area contributed by atoms with Crippen LogP contribution in [0.25, 0.3) is 0 Å². The highest BCUT2D eigenvalue weighted by atomic mass is 32.2. The molecule has 2 amide bonds. The Balaban J connectivity index is 1.72. The third-order valence-corrected chi connectivity index (χ3v) is 5.78. The van der Waals surface area contributed by atoms with Crippen molar-refractivity contribution in [3.05, 3.63) is 83.3 Å². The van der Waals surface area contributed by atoms with Crippen LogP contribution in [0.2, 0.25) is 0 Å². The predicted molar refractivity (Wildman–Crippen MR) is 113 cm³/mol. The SMILES string of the molecule is Cc1ccc(C(=O)NC(C)c2ccc(S(C)(=O)=O)cc2)cc1NC(=O)c1ccco1. The van der Waals surface area contributed by atoms with E-state index in [4.69, 9.17) is 4.42 Å². The van der Waals surface area contributed by atoms with Crippen molar-refractivity contribution in [2.75, 3.05) is 11.6 Å². The van der Waals surface area contributed by atoms with E-state index in [2.05, 4.69) is 10.6 Å². The zero-order valence-electron chi connectivity index (χ0n) is 16.8. The van der Waals surface area contributed by atoms with Gasteiger partial charge in [-0.15, -0.1) is 0 Å². The summed E-state index contributed by atoms with van der Waals surface area (Å²) < 4.78 is 28.3. The Kier molecular flexibility index (Phi) is 6.07. The van der Waals surface area contributed by atoms with Crippen LogP contribution < -0.4 is 10.6 Å². The highest BCUT2D eigenvalue weighted by Gasteiger charge is 2.16. The van der Waals surface area contributed by atoms with Gasteiger partial charge in [0.2, 0.25) is 0 Å². The van der Waals surface area contributed by atoms with Gasteiger partial charge in [0.25, 0.3) is 11.8 Å². The second-order valence-electron chi connectivity index (χ2n) is 7.00. The minimum Gasteiger partial charge on any atom is -0.459 e. The summed E-state index contributed by atoms with van der Waals surface area (Å²) in [7, 11) is -3.28. The van der Waals surface area contributed by atoms with Gasteiger partial charge >= 0.3 is 0 Å². The molecule has 0 bridgehead atoms. The zero-order valence-corrected chi connectivity index (χ0v) is 17.6. The van der Waals surface area contributed by atoms with Crippen molar-refractivity contribution in [2.24, 2.45) is 0 Å². The minimum absolute atomic E-state index is 0.176. The Morgan fingerprint density at radius 1 is 1.00 bits per heavy atom. The maximum Gasteiger partial charge on any atom is 0.291 e. The molecule has 30 heavy (non-hydrogen) atoms. The topological polar surface area (TPSA) is 105 Å². The summed E-state index contributed by atoms with van der Waals surface area (Å²) in [4.78, 5) is 25.1. The van der Waals surface area contributed by atoms with Gasteiger partial charge in [-0.2, -0.15) is 0 Å². The number of aryl methyl sites for hydroxylation is 1. The van der Waals surface area contributed by atoms with Crippen LogP contribution in [0, 0.1) is 6.92 Å². The Labute approximate surface area is 175 Å². The van der Waals surface area contributed by atoms with Gasteiger partial charge in [0.15, 0.2) is 15.6 Å². The van der Waals surface area contributed by atoms with Gasteiger partial charge in [0.05, 0.1) is 17.2 Å². The molecule has 1 unspecified atom stereocenters. The molecule has 0 fully saturated rings. The maximum atomic E-state index is 12.7. The third kappa shape index (κ3) is 4.96. The fourth-order valence-electron chi connectivity index (χ4n) is 2.86. The molecular weight excluding hydrogens is 404 g/mol. The van der Waals surface area contributed by atoms with E-state index in [-0.39, 0.29) is 22.6 Å². The Bertz CT molecular complexity index is 1170. The summed E-state index contributed by atoms with van der Waals surface area (Å²) in [5, 5.41) is 5.62. The molecule has 0 saturated carbocycles. The van der Waals surface area contributed by atoms with Crippen LogP contribution in [-0.2, 0) is 9.84 Å². The van der Waals surface area contributed by atoms with Gasteiger partial charge in [-0.05, 0) is 61.4 Å². The number of sulfone groups is 1. The lowest BCUT2D eigenvalue weighted by Gasteiger charge is -2.16. The molecule has 0 aliphatic rings. The molecule has 1 atom stereocenters. The second-order valence-corrected chi connectivity index (χ2v) is 9.01. The Morgan fingerprint density at radius 2 is 1.70 bits per heavy atom. The molecule has 2 N–H and O–H groups in total. The third-order valence-electron chi connectivity index (χ3n) is 4.65. The van der Waals surface area contributed by atoms with E-state index in [1.807, 2.05) is 6.92 Å². The van der Waals surface area contributed by atoms with Crippen LogP contribution in [-0.4, -0.2) is 26.5 Å². The molecule has 0 saturated heterocycles. The Hall–Kier alpha value is -3.39. The van der Waals surface area contributed by atoms with Gasteiger partial charge in [0, 0.05) is 17.5 Å². The van der Waals surface area contributed by atoms with Crippen LogP contribution in [0.15, 0.2) is 70.2 Å². The second kappa shape index (κ2) is 8.54. The first-order valence-electron chi connectivity index (χ1n) is 9.21. The summed E-state index contributed by atoms with van der Waals surface area (Å²) in [6.07, 6.45) is 2.56. The number of hydrogen-bond acceptors (Lipinski definition) is 5. The monoisotopic (exact) mass is 426 g/mol.